The third kappa shape index (κ3) is 2.99. The molecule has 0 saturated heterocycles. The third-order valence-electron chi connectivity index (χ3n) is 3.67. The number of carbonyl (C=O) groups excluding carboxylic acids is 1. The lowest BCUT2D eigenvalue weighted by molar-refractivity contribution is -0.119. The van der Waals surface area contributed by atoms with Crippen molar-refractivity contribution in [2.24, 2.45) is 0 Å². The molecule has 6 nitrogen and oxygen atoms in total. The summed E-state index contributed by atoms with van der Waals surface area (Å²) in [5.74, 6) is -0.316. The molecule has 124 valence electrons. The van der Waals surface area contributed by atoms with Crippen molar-refractivity contribution >= 4 is 44.8 Å². The van der Waals surface area contributed by atoms with Gasteiger partial charge in [-0.15, -0.1) is 12.4 Å². The molecule has 1 heterocycles. The molecule has 2 N–H and O–H groups in total. The van der Waals surface area contributed by atoms with Gasteiger partial charge in [0.1, 0.15) is 6.54 Å². The normalized spacial score (nSPS) is 14.6. The van der Waals surface area contributed by atoms with E-state index in [1.807, 2.05) is 12.1 Å². The highest BCUT2D eigenvalue weighted by molar-refractivity contribution is 7.93. The fourth-order valence-corrected chi connectivity index (χ4v) is 4.31. The van der Waals surface area contributed by atoms with Gasteiger partial charge in [-0.2, -0.15) is 0 Å². The first-order valence-corrected chi connectivity index (χ1v) is 8.45. The molecule has 0 aliphatic carbocycles. The monoisotopic (exact) mass is 355 g/mol. The van der Waals surface area contributed by atoms with Gasteiger partial charge >= 0.3 is 0 Å². The third-order valence-corrected chi connectivity index (χ3v) is 5.47. The maximum atomic E-state index is 12.7. The zero-order chi connectivity index (χ0) is 15.7. The molecule has 0 spiro atoms. The Balaban J connectivity index is 0.00000192. The molecule has 0 unspecified atom stereocenters. The summed E-state index contributed by atoms with van der Waals surface area (Å²) in [4.78, 5) is 12.3. The van der Waals surface area contributed by atoms with Crippen molar-refractivity contribution in [3.8, 4) is 0 Å². The zero-order valence-corrected chi connectivity index (χ0v) is 14.2. The molecule has 23 heavy (non-hydrogen) atoms. The second-order valence-corrected chi connectivity index (χ2v) is 6.93. The molecule has 2 aromatic carbocycles. The Hall–Kier alpha value is -1.83. The van der Waals surface area contributed by atoms with Crippen LogP contribution in [0.3, 0.4) is 0 Å². The Kier molecular flexibility index (Phi) is 5.13. The smallest absolute Gasteiger partial charge is 0.265 e. The number of nitrogens with one attached hydrogen (secondary N) is 2. The summed E-state index contributed by atoms with van der Waals surface area (Å²) < 4.78 is 26.5. The number of likely N-dealkylation sites (N-methyl/N-ethyl adjacent to an activating group) is 1. The number of rotatable bonds is 5. The fourth-order valence-electron chi connectivity index (χ4n) is 2.64. The minimum Gasteiger partial charge on any atom is -0.353 e. The van der Waals surface area contributed by atoms with Crippen molar-refractivity contribution in [1.82, 2.24) is 10.6 Å². The maximum absolute atomic E-state index is 12.7. The van der Waals surface area contributed by atoms with Crippen molar-refractivity contribution < 1.29 is 13.2 Å². The first-order valence-electron chi connectivity index (χ1n) is 7.01. The minimum atomic E-state index is -3.67. The predicted molar refractivity (Wildman–Crippen MR) is 92.7 cm³/mol. The van der Waals surface area contributed by atoms with E-state index in [1.54, 1.807) is 31.3 Å². The summed E-state index contributed by atoms with van der Waals surface area (Å²) in [7, 11) is -1.88. The maximum Gasteiger partial charge on any atom is 0.265 e. The van der Waals surface area contributed by atoms with Gasteiger partial charge < -0.3 is 10.6 Å². The van der Waals surface area contributed by atoms with Crippen LogP contribution < -0.4 is 14.9 Å². The minimum absolute atomic E-state index is 0. The number of hydrogen-bond acceptors (Lipinski definition) is 4. The summed E-state index contributed by atoms with van der Waals surface area (Å²) in [6, 6.07) is 10.6. The topological polar surface area (TPSA) is 78.5 Å². The first-order chi connectivity index (χ1) is 10.6. The number of nitrogens with zero attached hydrogens (tertiary/aromatic N) is 1. The van der Waals surface area contributed by atoms with E-state index in [-0.39, 0.29) is 29.8 Å². The van der Waals surface area contributed by atoms with Gasteiger partial charge in [0.2, 0.25) is 5.91 Å². The lowest BCUT2D eigenvalue weighted by Crippen LogP contribution is -2.40. The highest BCUT2D eigenvalue weighted by Gasteiger charge is 2.36. The summed E-state index contributed by atoms with van der Waals surface area (Å²) >= 11 is 0. The number of amides is 1. The van der Waals surface area contributed by atoms with Crippen molar-refractivity contribution in [2.45, 2.75) is 4.90 Å². The van der Waals surface area contributed by atoms with Gasteiger partial charge in [0, 0.05) is 18.5 Å². The van der Waals surface area contributed by atoms with Crippen LogP contribution in [0.5, 0.6) is 0 Å². The Morgan fingerprint density at radius 2 is 1.83 bits per heavy atom. The van der Waals surface area contributed by atoms with E-state index >= 15 is 0 Å². The van der Waals surface area contributed by atoms with E-state index < -0.39 is 10.0 Å². The van der Waals surface area contributed by atoms with Gasteiger partial charge in [0.25, 0.3) is 10.0 Å². The lowest BCUT2D eigenvalue weighted by Gasteiger charge is -2.18. The van der Waals surface area contributed by atoms with Gasteiger partial charge in [-0.1, -0.05) is 24.3 Å². The summed E-state index contributed by atoms with van der Waals surface area (Å²) in [5, 5.41) is 7.16. The molecule has 3 rings (SSSR count). The first kappa shape index (κ1) is 17.5. The van der Waals surface area contributed by atoms with Crippen molar-refractivity contribution in [1.29, 1.82) is 0 Å². The zero-order valence-electron chi connectivity index (χ0n) is 12.6. The van der Waals surface area contributed by atoms with Crippen LogP contribution in [-0.4, -0.2) is 41.0 Å². The highest BCUT2D eigenvalue weighted by Crippen LogP contribution is 2.41. The lowest BCUT2D eigenvalue weighted by atomic mass is 10.1. The second kappa shape index (κ2) is 6.74. The molecule has 8 heteroatoms. The SMILES string of the molecule is CNCCNC(=O)CN1c2cccc3cccc(c23)S1(=O)=O.Cl. The molecule has 1 amide bonds. The van der Waals surface area contributed by atoms with Crippen LogP contribution in [-0.2, 0) is 14.8 Å². The Morgan fingerprint density at radius 3 is 2.52 bits per heavy atom. The number of sulfonamides is 1. The van der Waals surface area contributed by atoms with E-state index in [4.69, 9.17) is 0 Å². The highest BCUT2D eigenvalue weighted by atomic mass is 35.5. The van der Waals surface area contributed by atoms with Gasteiger partial charge in [-0.05, 0) is 24.6 Å². The van der Waals surface area contributed by atoms with Crippen LogP contribution in [0.1, 0.15) is 0 Å². The molecular weight excluding hydrogens is 338 g/mol. The van der Waals surface area contributed by atoms with Crippen LogP contribution in [0.2, 0.25) is 0 Å². The molecular formula is C15H18ClN3O3S. The largest absolute Gasteiger partial charge is 0.353 e. The number of halogens is 1. The van der Waals surface area contributed by atoms with E-state index in [9.17, 15) is 13.2 Å². The molecule has 0 atom stereocenters. The number of hydrogen-bond donors (Lipinski definition) is 2. The average Bonchev–Trinajstić information content (AvgIpc) is 2.71. The molecule has 1 aliphatic heterocycles. The Bertz CT molecular complexity index is 834. The standard InChI is InChI=1S/C15H17N3O3S.ClH/c1-16-8-9-17-14(19)10-18-12-6-2-4-11-5-3-7-13(15(11)12)22(18,20)21;/h2-7,16H,8-10H2,1H3,(H,17,19);1H. The quantitative estimate of drug-likeness (QED) is 0.787. The molecule has 0 saturated carbocycles. The van der Waals surface area contributed by atoms with Crippen LogP contribution in [0.25, 0.3) is 10.8 Å². The molecule has 2 aromatic rings. The Labute approximate surface area is 141 Å². The van der Waals surface area contributed by atoms with E-state index in [1.165, 1.54) is 4.31 Å². The molecule has 0 aromatic heterocycles. The van der Waals surface area contributed by atoms with Crippen LogP contribution in [0, 0.1) is 0 Å². The van der Waals surface area contributed by atoms with Crippen LogP contribution in [0.15, 0.2) is 41.3 Å². The van der Waals surface area contributed by atoms with Crippen LogP contribution in [0.4, 0.5) is 5.69 Å². The van der Waals surface area contributed by atoms with Gasteiger partial charge in [-0.3, -0.25) is 9.10 Å². The van der Waals surface area contributed by atoms with Crippen molar-refractivity contribution in [3.63, 3.8) is 0 Å². The van der Waals surface area contributed by atoms with Gasteiger partial charge in [-0.25, -0.2) is 8.42 Å². The summed E-state index contributed by atoms with van der Waals surface area (Å²) in [5.41, 5.74) is 0.567. The second-order valence-electron chi connectivity index (χ2n) is 5.10. The fraction of sp³-hybridized carbons (Fsp3) is 0.267. The van der Waals surface area contributed by atoms with Crippen molar-refractivity contribution in [2.75, 3.05) is 31.0 Å². The summed E-state index contributed by atoms with van der Waals surface area (Å²) in [6.07, 6.45) is 0. The van der Waals surface area contributed by atoms with E-state index in [0.717, 1.165) is 5.39 Å². The Morgan fingerprint density at radius 1 is 1.13 bits per heavy atom. The molecule has 0 fully saturated rings. The number of carbonyl (C=O) groups is 1. The van der Waals surface area contributed by atoms with E-state index in [2.05, 4.69) is 10.6 Å². The summed E-state index contributed by atoms with van der Waals surface area (Å²) in [6.45, 7) is 0.883. The number of anilines is 1. The van der Waals surface area contributed by atoms with E-state index in [0.29, 0.717) is 24.2 Å². The van der Waals surface area contributed by atoms with Crippen LogP contribution >= 0.6 is 12.4 Å². The number of benzene rings is 2. The molecule has 0 bridgehead atoms. The molecule has 0 radical (unpaired) electrons. The molecule has 1 aliphatic rings. The van der Waals surface area contributed by atoms with Gasteiger partial charge in [0.15, 0.2) is 0 Å². The van der Waals surface area contributed by atoms with Crippen molar-refractivity contribution in [3.05, 3.63) is 36.4 Å². The average molecular weight is 356 g/mol. The predicted octanol–water partition coefficient (Wildman–Crippen LogP) is 1.11. The van der Waals surface area contributed by atoms with Gasteiger partial charge in [0.05, 0.1) is 10.6 Å².